The fourth-order valence-corrected chi connectivity index (χ4v) is 4.10. The van der Waals surface area contributed by atoms with Gasteiger partial charge < -0.3 is 9.84 Å². The van der Waals surface area contributed by atoms with Gasteiger partial charge in [0.05, 0.1) is 4.91 Å². The fraction of sp³-hybridized carbons (Fsp3) is 0.105. The fourth-order valence-electron chi connectivity index (χ4n) is 2.38. The molecule has 0 saturated carbocycles. The number of carbonyl (C=O) groups excluding carboxylic acids is 1. The summed E-state index contributed by atoms with van der Waals surface area (Å²) in [5.74, 6) is -0.878. The number of halogens is 2. The van der Waals surface area contributed by atoms with Crippen molar-refractivity contribution in [2.24, 2.45) is 0 Å². The Hall–Kier alpha value is -2.06. The topological polar surface area (TPSA) is 66.8 Å². The number of hydrogen-bond acceptors (Lipinski definition) is 5. The summed E-state index contributed by atoms with van der Waals surface area (Å²) < 4.78 is 5.96. The number of rotatable bonds is 6. The minimum Gasteiger partial charge on any atom is -0.489 e. The van der Waals surface area contributed by atoms with Crippen molar-refractivity contribution in [1.29, 1.82) is 0 Å². The number of carboxylic acid groups (broad SMARTS) is 1. The number of benzene rings is 2. The number of hydrogen-bond donors (Lipinski definition) is 1. The smallest absolute Gasteiger partial charge is 0.323 e. The molecule has 3 rings (SSSR count). The molecule has 0 aliphatic carbocycles. The van der Waals surface area contributed by atoms with Gasteiger partial charge in [-0.1, -0.05) is 65.4 Å². The molecular weight excluding hydrogens is 441 g/mol. The summed E-state index contributed by atoms with van der Waals surface area (Å²) >= 11 is 18.2. The van der Waals surface area contributed by atoms with Crippen molar-refractivity contribution in [3.63, 3.8) is 0 Å². The molecule has 0 spiro atoms. The third-order valence-electron chi connectivity index (χ3n) is 3.75. The second-order valence-electron chi connectivity index (χ2n) is 5.76. The Balaban J connectivity index is 1.66. The maximum Gasteiger partial charge on any atom is 0.323 e. The molecule has 28 heavy (non-hydrogen) atoms. The number of thiocarbonyl (C=S) groups is 1. The molecule has 0 aromatic heterocycles. The maximum atomic E-state index is 12.3. The average Bonchev–Trinajstić information content (AvgIpc) is 2.89. The van der Waals surface area contributed by atoms with E-state index in [1.807, 2.05) is 0 Å². The van der Waals surface area contributed by atoms with Crippen molar-refractivity contribution < 1.29 is 19.4 Å². The highest BCUT2D eigenvalue weighted by Gasteiger charge is 2.33. The van der Waals surface area contributed by atoms with E-state index in [0.29, 0.717) is 27.3 Å². The number of nitrogens with zero attached hydrogens (tertiary/aromatic N) is 1. The molecule has 2 aromatic carbocycles. The number of aliphatic carboxylic acids is 1. The summed E-state index contributed by atoms with van der Waals surface area (Å²) in [4.78, 5) is 24.6. The van der Waals surface area contributed by atoms with Gasteiger partial charge in [0.25, 0.3) is 5.91 Å². The van der Waals surface area contributed by atoms with Crippen LogP contribution < -0.4 is 4.74 Å². The van der Waals surface area contributed by atoms with Gasteiger partial charge in [-0.15, -0.1) is 0 Å². The second kappa shape index (κ2) is 8.96. The van der Waals surface area contributed by atoms with Gasteiger partial charge >= 0.3 is 5.97 Å². The number of ether oxygens (including phenoxy) is 1. The standard InChI is InChI=1S/C19H13Cl2NO4S2/c20-13-4-3-12(15(21)8-13)10-26-14-5-1-11(2-6-14)7-16-18(25)22(9-17(23)24)19(27)28-16/h1-8H,9-10H2,(H,23,24)/b16-7+. The molecule has 1 aliphatic rings. The van der Waals surface area contributed by atoms with E-state index in [2.05, 4.69) is 0 Å². The minimum atomic E-state index is -1.11. The number of amides is 1. The first-order valence-corrected chi connectivity index (χ1v) is 9.95. The highest BCUT2D eigenvalue weighted by Crippen LogP contribution is 2.32. The highest BCUT2D eigenvalue weighted by atomic mass is 35.5. The minimum absolute atomic E-state index is 0.235. The molecular formula is C19H13Cl2NO4S2. The molecule has 1 saturated heterocycles. The van der Waals surface area contributed by atoms with Crippen molar-refractivity contribution in [1.82, 2.24) is 4.90 Å². The van der Waals surface area contributed by atoms with Gasteiger partial charge in [-0.3, -0.25) is 14.5 Å². The van der Waals surface area contributed by atoms with Crippen molar-refractivity contribution in [2.75, 3.05) is 6.54 Å². The van der Waals surface area contributed by atoms with Crippen LogP contribution in [0.15, 0.2) is 47.4 Å². The zero-order chi connectivity index (χ0) is 20.3. The Bertz CT molecular complexity index is 976. The van der Waals surface area contributed by atoms with Crippen LogP contribution in [0.4, 0.5) is 0 Å². The van der Waals surface area contributed by atoms with Crippen molar-refractivity contribution in [3.8, 4) is 5.75 Å². The molecule has 0 radical (unpaired) electrons. The summed E-state index contributed by atoms with van der Waals surface area (Å²) in [6.07, 6.45) is 1.67. The number of carboxylic acids is 1. The Morgan fingerprint density at radius 1 is 1.21 bits per heavy atom. The summed E-state index contributed by atoms with van der Waals surface area (Å²) in [5, 5.41) is 9.97. The quantitative estimate of drug-likeness (QED) is 0.497. The van der Waals surface area contributed by atoms with Gasteiger partial charge in [0.1, 0.15) is 23.2 Å². The lowest BCUT2D eigenvalue weighted by atomic mass is 10.2. The third kappa shape index (κ3) is 5.05. The van der Waals surface area contributed by atoms with Gasteiger partial charge in [0.15, 0.2) is 0 Å². The largest absolute Gasteiger partial charge is 0.489 e. The van der Waals surface area contributed by atoms with Crippen molar-refractivity contribution >= 4 is 69.5 Å². The summed E-state index contributed by atoms with van der Waals surface area (Å²) in [6, 6.07) is 12.3. The van der Waals surface area contributed by atoms with Crippen LogP contribution in [-0.4, -0.2) is 32.7 Å². The van der Waals surface area contributed by atoms with E-state index in [-0.39, 0.29) is 4.32 Å². The molecule has 1 N–H and O–H groups in total. The lowest BCUT2D eigenvalue weighted by Crippen LogP contribution is -2.33. The van der Waals surface area contributed by atoms with Crippen LogP contribution in [0.2, 0.25) is 10.0 Å². The number of thioether (sulfide) groups is 1. The van der Waals surface area contributed by atoms with Crippen molar-refractivity contribution in [2.45, 2.75) is 6.61 Å². The molecule has 2 aromatic rings. The monoisotopic (exact) mass is 453 g/mol. The summed E-state index contributed by atoms with van der Waals surface area (Å²) in [6.45, 7) is -0.148. The zero-order valence-corrected chi connectivity index (χ0v) is 17.4. The molecule has 1 aliphatic heterocycles. The SMILES string of the molecule is O=C(O)CN1C(=O)/C(=C\c2ccc(OCc3ccc(Cl)cc3Cl)cc2)SC1=S. The van der Waals surface area contributed by atoms with Gasteiger partial charge in [-0.2, -0.15) is 0 Å². The average molecular weight is 454 g/mol. The Kier molecular flexibility index (Phi) is 6.61. The lowest BCUT2D eigenvalue weighted by Gasteiger charge is -2.10. The van der Waals surface area contributed by atoms with Gasteiger partial charge in [0.2, 0.25) is 0 Å². The summed E-state index contributed by atoms with van der Waals surface area (Å²) in [5.41, 5.74) is 1.59. The Morgan fingerprint density at radius 2 is 1.93 bits per heavy atom. The van der Waals surface area contributed by atoms with E-state index in [1.165, 1.54) is 0 Å². The van der Waals surface area contributed by atoms with E-state index in [9.17, 15) is 9.59 Å². The van der Waals surface area contributed by atoms with Crippen LogP contribution in [0, 0.1) is 0 Å². The highest BCUT2D eigenvalue weighted by molar-refractivity contribution is 8.26. The van der Waals surface area contributed by atoms with Gasteiger partial charge in [-0.05, 0) is 35.9 Å². The molecule has 0 atom stereocenters. The first-order chi connectivity index (χ1) is 13.3. The first-order valence-electron chi connectivity index (χ1n) is 7.97. The van der Waals surface area contributed by atoms with Crippen LogP contribution in [0.1, 0.15) is 11.1 Å². The van der Waals surface area contributed by atoms with E-state index >= 15 is 0 Å². The molecule has 1 fully saturated rings. The van der Waals surface area contributed by atoms with Crippen LogP contribution in [-0.2, 0) is 16.2 Å². The second-order valence-corrected chi connectivity index (χ2v) is 8.27. The molecule has 144 valence electrons. The van der Waals surface area contributed by atoms with E-state index in [4.69, 9.17) is 45.3 Å². The van der Waals surface area contributed by atoms with Crippen LogP contribution in [0.3, 0.4) is 0 Å². The molecule has 0 bridgehead atoms. The zero-order valence-electron chi connectivity index (χ0n) is 14.2. The van der Waals surface area contributed by atoms with E-state index in [1.54, 1.807) is 48.5 Å². The van der Waals surface area contributed by atoms with Gasteiger partial charge in [0, 0.05) is 15.6 Å². The third-order valence-corrected chi connectivity index (χ3v) is 5.72. The van der Waals surface area contributed by atoms with E-state index < -0.39 is 18.4 Å². The van der Waals surface area contributed by atoms with Crippen LogP contribution in [0.25, 0.3) is 6.08 Å². The molecule has 0 unspecified atom stereocenters. The Labute approximate surface area is 180 Å². The summed E-state index contributed by atoms with van der Waals surface area (Å²) in [7, 11) is 0. The maximum absolute atomic E-state index is 12.3. The lowest BCUT2D eigenvalue weighted by molar-refractivity contribution is -0.140. The normalized spacial score (nSPS) is 15.4. The molecule has 9 heteroatoms. The molecule has 1 amide bonds. The number of carbonyl (C=O) groups is 2. The predicted octanol–water partition coefficient (Wildman–Crippen LogP) is 4.86. The van der Waals surface area contributed by atoms with E-state index in [0.717, 1.165) is 27.8 Å². The molecule has 5 nitrogen and oxygen atoms in total. The predicted molar refractivity (Wildman–Crippen MR) is 115 cm³/mol. The molecule has 1 heterocycles. The van der Waals surface area contributed by atoms with Crippen LogP contribution >= 0.6 is 47.2 Å². The Morgan fingerprint density at radius 3 is 2.57 bits per heavy atom. The van der Waals surface area contributed by atoms with Gasteiger partial charge in [-0.25, -0.2) is 0 Å². The van der Waals surface area contributed by atoms with Crippen LogP contribution in [0.5, 0.6) is 5.75 Å². The first kappa shape index (κ1) is 20.7. The van der Waals surface area contributed by atoms with Crippen molar-refractivity contribution in [3.05, 3.63) is 68.5 Å².